The number of carbonyl (C=O) groups is 1. The van der Waals surface area contributed by atoms with Gasteiger partial charge in [0.25, 0.3) is 0 Å². The molecule has 1 aliphatic rings. The maximum Gasteiger partial charge on any atom is 0.303 e. The summed E-state index contributed by atoms with van der Waals surface area (Å²) >= 11 is 0. The summed E-state index contributed by atoms with van der Waals surface area (Å²) in [6, 6.07) is 10.3. The van der Waals surface area contributed by atoms with Crippen LogP contribution in [-0.4, -0.2) is 11.1 Å². The van der Waals surface area contributed by atoms with Crippen LogP contribution < -0.4 is 0 Å². The second kappa shape index (κ2) is 3.82. The molecule has 0 unspecified atom stereocenters. The van der Waals surface area contributed by atoms with Crippen LogP contribution in [0.2, 0.25) is 0 Å². The van der Waals surface area contributed by atoms with E-state index in [1.807, 2.05) is 18.2 Å². The Morgan fingerprint density at radius 3 is 2.64 bits per heavy atom. The Morgan fingerprint density at radius 2 is 2.00 bits per heavy atom. The summed E-state index contributed by atoms with van der Waals surface area (Å²) in [6.07, 6.45) is 2.47. The maximum absolute atomic E-state index is 10.4. The predicted octanol–water partition coefficient (Wildman–Crippen LogP) is 2.34. The SMILES string of the molecule is O=C(O)C[C@@H]1C[C@H]1Cc1ccccc1. The molecule has 74 valence electrons. The van der Waals surface area contributed by atoms with E-state index < -0.39 is 5.97 Å². The van der Waals surface area contributed by atoms with Crippen LogP contribution in [0, 0.1) is 11.8 Å². The molecular weight excluding hydrogens is 176 g/mol. The Bertz CT molecular complexity index is 318. The first-order chi connectivity index (χ1) is 6.75. The van der Waals surface area contributed by atoms with Crippen LogP contribution in [0.4, 0.5) is 0 Å². The number of carboxylic acids is 1. The van der Waals surface area contributed by atoms with Crippen LogP contribution in [0.5, 0.6) is 0 Å². The lowest BCUT2D eigenvalue weighted by molar-refractivity contribution is -0.137. The van der Waals surface area contributed by atoms with Crippen molar-refractivity contribution in [3.63, 3.8) is 0 Å². The minimum absolute atomic E-state index is 0.345. The van der Waals surface area contributed by atoms with Crippen molar-refractivity contribution in [2.45, 2.75) is 19.3 Å². The van der Waals surface area contributed by atoms with Gasteiger partial charge >= 0.3 is 5.97 Å². The number of hydrogen-bond acceptors (Lipinski definition) is 1. The summed E-state index contributed by atoms with van der Waals surface area (Å²) in [7, 11) is 0. The van der Waals surface area contributed by atoms with Gasteiger partial charge in [-0.2, -0.15) is 0 Å². The fourth-order valence-electron chi connectivity index (χ4n) is 1.95. The van der Waals surface area contributed by atoms with E-state index in [4.69, 9.17) is 5.11 Å². The molecule has 2 heteroatoms. The molecule has 2 nitrogen and oxygen atoms in total. The zero-order valence-electron chi connectivity index (χ0n) is 8.02. The lowest BCUT2D eigenvalue weighted by atomic mass is 10.1. The largest absolute Gasteiger partial charge is 0.481 e. The third-order valence-electron chi connectivity index (χ3n) is 2.85. The molecule has 0 aromatic heterocycles. The van der Waals surface area contributed by atoms with Gasteiger partial charge in [0.05, 0.1) is 0 Å². The third kappa shape index (κ3) is 2.34. The second-order valence-electron chi connectivity index (χ2n) is 4.04. The van der Waals surface area contributed by atoms with Gasteiger partial charge in [-0.3, -0.25) is 4.79 Å². The molecule has 1 N–H and O–H groups in total. The van der Waals surface area contributed by atoms with Gasteiger partial charge in [-0.25, -0.2) is 0 Å². The third-order valence-corrected chi connectivity index (χ3v) is 2.85. The molecule has 0 aliphatic heterocycles. The average Bonchev–Trinajstić information content (AvgIpc) is 2.84. The molecule has 0 radical (unpaired) electrons. The van der Waals surface area contributed by atoms with E-state index in [0.29, 0.717) is 18.3 Å². The monoisotopic (exact) mass is 190 g/mol. The smallest absolute Gasteiger partial charge is 0.303 e. The highest BCUT2D eigenvalue weighted by molar-refractivity contribution is 5.67. The summed E-state index contributed by atoms with van der Waals surface area (Å²) in [5.74, 6) is 0.367. The molecule has 1 fully saturated rings. The highest BCUT2D eigenvalue weighted by Gasteiger charge is 2.37. The Kier molecular flexibility index (Phi) is 2.53. The molecule has 1 aromatic carbocycles. The average molecular weight is 190 g/mol. The van der Waals surface area contributed by atoms with Gasteiger partial charge in [0.1, 0.15) is 0 Å². The Hall–Kier alpha value is -1.31. The summed E-state index contributed by atoms with van der Waals surface area (Å²) in [5, 5.41) is 8.61. The van der Waals surface area contributed by atoms with E-state index in [2.05, 4.69) is 12.1 Å². The number of benzene rings is 1. The zero-order valence-corrected chi connectivity index (χ0v) is 8.02. The second-order valence-corrected chi connectivity index (χ2v) is 4.04. The Balaban J connectivity index is 1.82. The number of aliphatic carboxylic acids is 1. The van der Waals surface area contributed by atoms with Crippen molar-refractivity contribution < 1.29 is 9.90 Å². The molecule has 14 heavy (non-hydrogen) atoms. The van der Waals surface area contributed by atoms with E-state index in [1.165, 1.54) is 5.56 Å². The first-order valence-electron chi connectivity index (χ1n) is 5.01. The quantitative estimate of drug-likeness (QED) is 0.791. The van der Waals surface area contributed by atoms with E-state index in [1.54, 1.807) is 0 Å². The molecule has 2 atom stereocenters. The maximum atomic E-state index is 10.4. The van der Waals surface area contributed by atoms with E-state index in [-0.39, 0.29) is 0 Å². The highest BCUT2D eigenvalue weighted by atomic mass is 16.4. The number of rotatable bonds is 4. The van der Waals surface area contributed by atoms with Gasteiger partial charge in [-0.1, -0.05) is 30.3 Å². The van der Waals surface area contributed by atoms with Gasteiger partial charge in [-0.05, 0) is 30.2 Å². The van der Waals surface area contributed by atoms with Crippen LogP contribution in [0.3, 0.4) is 0 Å². The molecule has 1 saturated carbocycles. The number of carboxylic acid groups (broad SMARTS) is 1. The van der Waals surface area contributed by atoms with Gasteiger partial charge in [-0.15, -0.1) is 0 Å². The van der Waals surface area contributed by atoms with Crippen molar-refractivity contribution in [2.24, 2.45) is 11.8 Å². The van der Waals surface area contributed by atoms with Crippen molar-refractivity contribution in [1.82, 2.24) is 0 Å². The van der Waals surface area contributed by atoms with Crippen LogP contribution >= 0.6 is 0 Å². The standard InChI is InChI=1S/C12H14O2/c13-12(14)8-11-7-10(11)6-9-4-2-1-3-5-9/h1-5,10-11H,6-8H2,(H,13,14)/t10-,11+/m1/s1. The molecule has 0 heterocycles. The van der Waals surface area contributed by atoms with Crippen molar-refractivity contribution in [3.05, 3.63) is 35.9 Å². The van der Waals surface area contributed by atoms with Crippen LogP contribution in [0.1, 0.15) is 18.4 Å². The van der Waals surface area contributed by atoms with Crippen LogP contribution in [-0.2, 0) is 11.2 Å². The van der Waals surface area contributed by atoms with E-state index in [9.17, 15) is 4.79 Å². The highest BCUT2D eigenvalue weighted by Crippen LogP contribution is 2.43. The summed E-state index contributed by atoms with van der Waals surface area (Å²) in [4.78, 5) is 10.4. The molecule has 0 spiro atoms. The van der Waals surface area contributed by atoms with Gasteiger partial charge in [0.15, 0.2) is 0 Å². The van der Waals surface area contributed by atoms with E-state index in [0.717, 1.165) is 12.8 Å². The van der Waals surface area contributed by atoms with Crippen molar-refractivity contribution in [1.29, 1.82) is 0 Å². The molecule has 1 aromatic rings. The Morgan fingerprint density at radius 1 is 1.29 bits per heavy atom. The fourth-order valence-corrected chi connectivity index (χ4v) is 1.95. The molecule has 0 amide bonds. The zero-order chi connectivity index (χ0) is 9.97. The molecule has 1 aliphatic carbocycles. The minimum Gasteiger partial charge on any atom is -0.481 e. The summed E-state index contributed by atoms with van der Waals surface area (Å²) < 4.78 is 0. The first-order valence-corrected chi connectivity index (χ1v) is 5.01. The summed E-state index contributed by atoms with van der Waals surface area (Å²) in [6.45, 7) is 0. The molecule has 0 bridgehead atoms. The lowest BCUT2D eigenvalue weighted by Gasteiger charge is -1.98. The normalized spacial score (nSPS) is 24.6. The Labute approximate surface area is 83.6 Å². The van der Waals surface area contributed by atoms with Crippen LogP contribution in [0.15, 0.2) is 30.3 Å². The molecule has 0 saturated heterocycles. The van der Waals surface area contributed by atoms with Gasteiger partial charge < -0.3 is 5.11 Å². The van der Waals surface area contributed by atoms with Crippen molar-refractivity contribution in [3.8, 4) is 0 Å². The van der Waals surface area contributed by atoms with E-state index >= 15 is 0 Å². The van der Waals surface area contributed by atoms with Gasteiger partial charge in [0, 0.05) is 6.42 Å². The van der Waals surface area contributed by atoms with Crippen LogP contribution in [0.25, 0.3) is 0 Å². The molecular formula is C12H14O2. The van der Waals surface area contributed by atoms with Crippen molar-refractivity contribution in [2.75, 3.05) is 0 Å². The minimum atomic E-state index is -0.662. The topological polar surface area (TPSA) is 37.3 Å². The number of hydrogen-bond donors (Lipinski definition) is 1. The fraction of sp³-hybridized carbons (Fsp3) is 0.417. The first kappa shape index (κ1) is 9.25. The lowest BCUT2D eigenvalue weighted by Crippen LogP contribution is -1.98. The van der Waals surface area contributed by atoms with Crippen molar-refractivity contribution >= 4 is 5.97 Å². The molecule has 2 rings (SSSR count). The van der Waals surface area contributed by atoms with Gasteiger partial charge in [0.2, 0.25) is 0 Å². The summed E-state index contributed by atoms with van der Waals surface area (Å²) in [5.41, 5.74) is 1.32. The predicted molar refractivity (Wildman–Crippen MR) is 54.0 cm³/mol.